The quantitative estimate of drug-likeness (QED) is 0.687. The molecule has 1 saturated carbocycles. The fraction of sp³-hybridized carbons (Fsp3) is 0.500. The molecule has 2 bridgehead atoms. The molecule has 2 spiro atoms. The van der Waals surface area contributed by atoms with E-state index in [9.17, 15) is 10.2 Å². The van der Waals surface area contributed by atoms with Gasteiger partial charge < -0.3 is 19.8 Å². The Morgan fingerprint density at radius 3 is 2.80 bits per heavy atom. The molecule has 5 aliphatic rings. The van der Waals surface area contributed by atoms with Crippen molar-refractivity contribution in [3.8, 4) is 0 Å². The summed E-state index contributed by atoms with van der Waals surface area (Å²) in [6.07, 6.45) is 13.7. The van der Waals surface area contributed by atoms with Gasteiger partial charge in [-0.3, -0.25) is 4.98 Å². The number of hydrogen-bond donors (Lipinski definition) is 2. The SMILES string of the molecule is CN(C)[C@H]1C[C@@]23CC[C@@]4(O2)C(=CC[C@]2(C)C(c5cccc6cnccc56)=CC[C@H]24)C=C3[C@@H](O)[C@@H]1O. The van der Waals surface area contributed by atoms with Crippen molar-refractivity contribution in [2.45, 2.75) is 68.5 Å². The highest BCUT2D eigenvalue weighted by molar-refractivity contribution is 5.95. The summed E-state index contributed by atoms with van der Waals surface area (Å²) in [5.74, 6) is 0.348. The highest BCUT2D eigenvalue weighted by atomic mass is 16.5. The van der Waals surface area contributed by atoms with Gasteiger partial charge in [-0.05, 0) is 79.9 Å². The van der Waals surface area contributed by atoms with Crippen molar-refractivity contribution in [3.05, 3.63) is 71.6 Å². The average Bonchev–Trinajstić information content (AvgIpc) is 3.37. The first-order valence-electron chi connectivity index (χ1n) is 13.0. The van der Waals surface area contributed by atoms with E-state index in [1.165, 1.54) is 27.5 Å². The summed E-state index contributed by atoms with van der Waals surface area (Å²) in [7, 11) is 3.96. The van der Waals surface area contributed by atoms with Gasteiger partial charge in [0, 0.05) is 35.2 Å². The molecule has 1 aromatic heterocycles. The number of benzene rings is 1. The molecule has 3 aliphatic carbocycles. The van der Waals surface area contributed by atoms with Crippen molar-refractivity contribution in [1.82, 2.24) is 9.88 Å². The molecule has 2 aliphatic heterocycles. The van der Waals surface area contributed by atoms with E-state index in [0.717, 1.165) is 37.7 Å². The average molecular weight is 471 g/mol. The van der Waals surface area contributed by atoms with Crippen molar-refractivity contribution in [1.29, 1.82) is 0 Å². The second-order valence-corrected chi connectivity index (χ2v) is 11.8. The number of rotatable bonds is 2. The van der Waals surface area contributed by atoms with E-state index in [-0.39, 0.29) is 17.1 Å². The molecule has 182 valence electrons. The van der Waals surface area contributed by atoms with E-state index in [0.29, 0.717) is 5.92 Å². The molecule has 2 fully saturated rings. The van der Waals surface area contributed by atoms with Gasteiger partial charge in [-0.1, -0.05) is 43.4 Å². The summed E-state index contributed by atoms with van der Waals surface area (Å²) in [4.78, 5) is 6.37. The number of nitrogens with zero attached hydrogens (tertiary/aromatic N) is 2. The zero-order chi connectivity index (χ0) is 24.2. The maximum absolute atomic E-state index is 11.2. The predicted octanol–water partition coefficient (Wildman–Crippen LogP) is 4.26. The fourth-order valence-corrected chi connectivity index (χ4v) is 8.27. The molecule has 3 heterocycles. The Bertz CT molecular complexity index is 1320. The van der Waals surface area contributed by atoms with Crippen molar-refractivity contribution in [3.63, 3.8) is 0 Å². The van der Waals surface area contributed by atoms with E-state index >= 15 is 0 Å². The normalized spacial score (nSPS) is 41.7. The van der Waals surface area contributed by atoms with Gasteiger partial charge in [-0.2, -0.15) is 0 Å². The van der Waals surface area contributed by atoms with Crippen LogP contribution in [0.1, 0.15) is 44.6 Å². The molecule has 0 radical (unpaired) electrons. The second-order valence-electron chi connectivity index (χ2n) is 11.8. The van der Waals surface area contributed by atoms with Crippen molar-refractivity contribution in [2.75, 3.05) is 14.1 Å². The predicted molar refractivity (Wildman–Crippen MR) is 137 cm³/mol. The first-order valence-corrected chi connectivity index (χ1v) is 13.0. The summed E-state index contributed by atoms with van der Waals surface area (Å²) in [6.45, 7) is 2.42. The van der Waals surface area contributed by atoms with Crippen LogP contribution in [-0.2, 0) is 4.74 Å². The van der Waals surface area contributed by atoms with E-state index < -0.39 is 17.8 Å². The Morgan fingerprint density at radius 1 is 1.11 bits per heavy atom. The van der Waals surface area contributed by atoms with Crippen LogP contribution in [0.15, 0.2) is 66.0 Å². The Labute approximate surface area is 206 Å². The van der Waals surface area contributed by atoms with E-state index in [1.54, 1.807) is 0 Å². The van der Waals surface area contributed by atoms with Crippen LogP contribution in [0, 0.1) is 11.3 Å². The van der Waals surface area contributed by atoms with Crippen molar-refractivity contribution < 1.29 is 14.9 Å². The maximum atomic E-state index is 11.2. The lowest BCUT2D eigenvalue weighted by atomic mass is 9.58. The molecule has 2 aromatic rings. The number of fused-ring (bicyclic) bond motifs is 2. The van der Waals surface area contributed by atoms with Crippen molar-refractivity contribution in [2.24, 2.45) is 11.3 Å². The van der Waals surface area contributed by atoms with Gasteiger partial charge in [0.1, 0.15) is 6.10 Å². The van der Waals surface area contributed by atoms with Crippen molar-refractivity contribution >= 4 is 16.3 Å². The van der Waals surface area contributed by atoms with Crippen LogP contribution >= 0.6 is 0 Å². The second kappa shape index (κ2) is 7.13. The van der Waals surface area contributed by atoms with Gasteiger partial charge in [0.2, 0.25) is 0 Å². The Morgan fingerprint density at radius 2 is 1.97 bits per heavy atom. The number of pyridine rings is 1. The van der Waals surface area contributed by atoms with Gasteiger partial charge in [-0.25, -0.2) is 0 Å². The highest BCUT2D eigenvalue weighted by Gasteiger charge is 2.67. The van der Waals surface area contributed by atoms with Crippen LogP contribution in [0.5, 0.6) is 0 Å². The summed E-state index contributed by atoms with van der Waals surface area (Å²) < 4.78 is 7.25. The summed E-state index contributed by atoms with van der Waals surface area (Å²) in [5, 5.41) is 24.5. The van der Waals surface area contributed by atoms with Gasteiger partial charge in [0.15, 0.2) is 0 Å². The van der Waals surface area contributed by atoms with Gasteiger partial charge >= 0.3 is 0 Å². The number of ether oxygens (including phenoxy) is 1. The lowest BCUT2D eigenvalue weighted by Gasteiger charge is -2.55. The zero-order valence-corrected chi connectivity index (χ0v) is 20.7. The summed E-state index contributed by atoms with van der Waals surface area (Å²) >= 11 is 0. The Balaban J connectivity index is 1.33. The standard InChI is InChI=1S/C30H34N2O3/c1-28-11-9-19-15-23-26(33)27(34)24(32(2)3)16-29(23)12-13-30(19,35-29)25(28)8-7-22(28)21-6-4-5-18-17-31-14-10-20(18)21/h4-7,9-10,14-15,17,24-27,33-34H,8,11-13,16H2,1-3H3/t24-,25+,26+,27+,28+,29+,30+/m0/s1. The fourth-order valence-electron chi connectivity index (χ4n) is 8.27. The van der Waals surface area contributed by atoms with Crippen LogP contribution in [0.25, 0.3) is 16.3 Å². The molecular weight excluding hydrogens is 436 g/mol. The molecule has 2 N–H and O–H groups in total. The monoisotopic (exact) mass is 470 g/mol. The van der Waals surface area contributed by atoms with E-state index in [2.05, 4.69) is 54.4 Å². The summed E-state index contributed by atoms with van der Waals surface area (Å²) in [6, 6.07) is 8.55. The molecule has 7 atom stereocenters. The van der Waals surface area contributed by atoms with Gasteiger partial charge in [-0.15, -0.1) is 0 Å². The Kier molecular flexibility index (Phi) is 4.47. The molecule has 1 saturated heterocycles. The molecule has 5 nitrogen and oxygen atoms in total. The lowest BCUT2D eigenvalue weighted by Crippen LogP contribution is -2.61. The minimum Gasteiger partial charge on any atom is -0.388 e. The van der Waals surface area contributed by atoms with E-state index in [1.807, 2.05) is 31.4 Å². The number of aliphatic hydroxyl groups is 2. The number of likely N-dealkylation sites (N-methyl/N-ethyl adjacent to an activating group) is 1. The molecule has 35 heavy (non-hydrogen) atoms. The van der Waals surface area contributed by atoms with Crippen LogP contribution in [0.3, 0.4) is 0 Å². The van der Waals surface area contributed by atoms with Crippen LogP contribution < -0.4 is 0 Å². The number of allylic oxidation sites excluding steroid dienone is 3. The number of aromatic nitrogens is 1. The van der Waals surface area contributed by atoms with Crippen LogP contribution in [0.4, 0.5) is 0 Å². The van der Waals surface area contributed by atoms with Gasteiger partial charge in [0.05, 0.1) is 17.3 Å². The molecule has 7 rings (SSSR count). The van der Waals surface area contributed by atoms with Gasteiger partial charge in [0.25, 0.3) is 0 Å². The molecular formula is C30H34N2O3. The lowest BCUT2D eigenvalue weighted by molar-refractivity contribution is -0.161. The third kappa shape index (κ3) is 2.70. The highest BCUT2D eigenvalue weighted by Crippen LogP contribution is 2.68. The number of hydrogen-bond acceptors (Lipinski definition) is 5. The summed E-state index contributed by atoms with van der Waals surface area (Å²) in [5.41, 5.74) is 4.00. The first kappa shape index (κ1) is 21.9. The van der Waals surface area contributed by atoms with E-state index in [4.69, 9.17) is 4.74 Å². The third-order valence-corrected chi connectivity index (χ3v) is 10.1. The Hall–Kier alpha value is -2.31. The smallest absolute Gasteiger partial charge is 0.105 e. The topological polar surface area (TPSA) is 65.8 Å². The third-order valence-electron chi connectivity index (χ3n) is 10.1. The maximum Gasteiger partial charge on any atom is 0.105 e. The van der Waals surface area contributed by atoms with Crippen LogP contribution in [-0.4, -0.2) is 63.6 Å². The minimum absolute atomic E-state index is 0.0221. The number of aliphatic hydroxyl groups excluding tert-OH is 2. The molecule has 5 heteroatoms. The largest absolute Gasteiger partial charge is 0.388 e. The molecule has 0 amide bonds. The van der Waals surface area contributed by atoms with Crippen LogP contribution in [0.2, 0.25) is 0 Å². The first-order chi connectivity index (χ1) is 16.8. The minimum atomic E-state index is -0.886. The molecule has 1 aromatic carbocycles. The zero-order valence-electron chi connectivity index (χ0n) is 20.7. The molecule has 0 unspecified atom stereocenters.